The molecule has 24 heavy (non-hydrogen) atoms. The second kappa shape index (κ2) is 6.32. The van der Waals surface area contributed by atoms with E-state index in [9.17, 15) is 4.79 Å². The summed E-state index contributed by atoms with van der Waals surface area (Å²) in [5.41, 5.74) is 4.38. The van der Waals surface area contributed by atoms with E-state index in [2.05, 4.69) is 11.1 Å². The molecule has 3 aromatic rings. The highest BCUT2D eigenvalue weighted by molar-refractivity contribution is 5.96. The van der Waals surface area contributed by atoms with Crippen LogP contribution in [0.1, 0.15) is 27.2 Å². The Balaban J connectivity index is 2.12. The molecule has 0 aliphatic rings. The summed E-state index contributed by atoms with van der Waals surface area (Å²) in [6, 6.07) is 13.2. The smallest absolute Gasteiger partial charge is 0.337 e. The normalized spacial score (nSPS) is 10.7. The molecule has 1 heterocycles. The molecule has 4 heteroatoms. The van der Waals surface area contributed by atoms with Crippen LogP contribution in [0.2, 0.25) is 0 Å². The highest BCUT2D eigenvalue weighted by Crippen LogP contribution is 2.31. The maximum atomic E-state index is 11.8. The van der Waals surface area contributed by atoms with Crippen LogP contribution in [0.4, 0.5) is 0 Å². The molecule has 0 saturated heterocycles. The van der Waals surface area contributed by atoms with Crippen molar-refractivity contribution in [1.29, 1.82) is 0 Å². The second-order valence-corrected chi connectivity index (χ2v) is 5.91. The molecule has 0 bridgehead atoms. The Morgan fingerprint density at radius 2 is 1.67 bits per heavy atom. The van der Waals surface area contributed by atoms with Crippen LogP contribution in [0.3, 0.4) is 0 Å². The lowest BCUT2D eigenvalue weighted by molar-refractivity contribution is 0.0601. The van der Waals surface area contributed by atoms with E-state index >= 15 is 0 Å². The zero-order valence-electron chi connectivity index (χ0n) is 14.2. The topological polar surface area (TPSA) is 48.4 Å². The Bertz CT molecular complexity index is 911. The third-order valence-corrected chi connectivity index (χ3v) is 3.74. The number of aryl methyl sites for hydroxylation is 3. The fourth-order valence-corrected chi connectivity index (χ4v) is 2.77. The molecule has 0 saturated carbocycles. The lowest BCUT2D eigenvalue weighted by atomic mass is 10.1. The Kier molecular flexibility index (Phi) is 4.21. The Labute approximate surface area is 141 Å². The zero-order chi connectivity index (χ0) is 17.3. The third kappa shape index (κ3) is 3.23. The molecule has 0 radical (unpaired) electrons. The monoisotopic (exact) mass is 321 g/mol. The largest absolute Gasteiger partial charge is 0.465 e. The van der Waals surface area contributed by atoms with E-state index in [1.807, 2.05) is 45.0 Å². The van der Waals surface area contributed by atoms with E-state index in [1.54, 1.807) is 12.1 Å². The first-order valence-corrected chi connectivity index (χ1v) is 7.72. The molecule has 0 aliphatic carbocycles. The van der Waals surface area contributed by atoms with Crippen molar-refractivity contribution in [3.05, 3.63) is 64.8 Å². The number of esters is 1. The van der Waals surface area contributed by atoms with Crippen molar-refractivity contribution in [2.45, 2.75) is 20.8 Å². The number of aromatic nitrogens is 1. The number of hydrogen-bond acceptors (Lipinski definition) is 4. The van der Waals surface area contributed by atoms with Gasteiger partial charge in [-0.3, -0.25) is 4.98 Å². The molecule has 0 amide bonds. The first-order valence-electron chi connectivity index (χ1n) is 7.72. The summed E-state index contributed by atoms with van der Waals surface area (Å²) in [5.74, 6) is 1.06. The van der Waals surface area contributed by atoms with E-state index in [-0.39, 0.29) is 5.97 Å². The van der Waals surface area contributed by atoms with Crippen LogP contribution in [0.25, 0.3) is 10.9 Å². The number of nitrogens with zero attached hydrogens (tertiary/aromatic N) is 1. The van der Waals surface area contributed by atoms with E-state index in [0.717, 1.165) is 33.5 Å². The van der Waals surface area contributed by atoms with E-state index in [0.29, 0.717) is 11.3 Å². The summed E-state index contributed by atoms with van der Waals surface area (Å²) in [4.78, 5) is 16.3. The average molecular weight is 321 g/mol. The van der Waals surface area contributed by atoms with Gasteiger partial charge in [0.2, 0.25) is 0 Å². The molecular formula is C20H19NO3. The quantitative estimate of drug-likeness (QED) is 0.654. The first-order chi connectivity index (χ1) is 11.5. The number of carbonyl (C=O) groups excluding carboxylic acids is 1. The van der Waals surface area contributed by atoms with Crippen LogP contribution in [-0.2, 0) is 4.74 Å². The number of methoxy groups -OCH3 is 1. The SMILES string of the molecule is COC(=O)c1ccc2nc(C)cc(Oc3cc(C)cc(C)c3)c2c1. The van der Waals surface area contributed by atoms with Crippen molar-refractivity contribution in [3.8, 4) is 11.5 Å². The van der Waals surface area contributed by atoms with Crippen LogP contribution >= 0.6 is 0 Å². The van der Waals surface area contributed by atoms with E-state index in [4.69, 9.17) is 9.47 Å². The molecule has 122 valence electrons. The van der Waals surface area contributed by atoms with Crippen molar-refractivity contribution in [2.24, 2.45) is 0 Å². The number of fused-ring (bicyclic) bond motifs is 1. The van der Waals surface area contributed by atoms with Gasteiger partial charge in [-0.2, -0.15) is 0 Å². The summed E-state index contributed by atoms with van der Waals surface area (Å²) in [6.07, 6.45) is 0. The summed E-state index contributed by atoms with van der Waals surface area (Å²) < 4.78 is 10.9. The summed E-state index contributed by atoms with van der Waals surface area (Å²) in [7, 11) is 1.37. The van der Waals surface area contributed by atoms with Gasteiger partial charge in [0.15, 0.2) is 0 Å². The van der Waals surface area contributed by atoms with Gasteiger partial charge < -0.3 is 9.47 Å². The molecular weight excluding hydrogens is 302 g/mol. The minimum Gasteiger partial charge on any atom is -0.465 e. The molecule has 3 rings (SSSR count). The number of ether oxygens (including phenoxy) is 2. The van der Waals surface area contributed by atoms with Crippen molar-refractivity contribution in [2.75, 3.05) is 7.11 Å². The maximum Gasteiger partial charge on any atom is 0.337 e. The predicted molar refractivity (Wildman–Crippen MR) is 93.8 cm³/mol. The third-order valence-electron chi connectivity index (χ3n) is 3.74. The highest BCUT2D eigenvalue weighted by atomic mass is 16.5. The van der Waals surface area contributed by atoms with Gasteiger partial charge in [-0.1, -0.05) is 6.07 Å². The van der Waals surface area contributed by atoms with Gasteiger partial charge in [0.05, 0.1) is 18.2 Å². The number of pyridine rings is 1. The minimum absolute atomic E-state index is 0.380. The molecule has 0 atom stereocenters. The molecule has 1 aromatic heterocycles. The Morgan fingerprint density at radius 1 is 0.958 bits per heavy atom. The summed E-state index contributed by atoms with van der Waals surface area (Å²) in [5, 5.41) is 0.780. The number of carbonyl (C=O) groups is 1. The van der Waals surface area contributed by atoms with Crippen LogP contribution in [0.15, 0.2) is 42.5 Å². The van der Waals surface area contributed by atoms with Gasteiger partial charge in [0.25, 0.3) is 0 Å². The van der Waals surface area contributed by atoms with Gasteiger partial charge in [-0.05, 0) is 62.2 Å². The summed E-state index contributed by atoms with van der Waals surface area (Å²) >= 11 is 0. The lowest BCUT2D eigenvalue weighted by Gasteiger charge is -2.12. The Morgan fingerprint density at radius 3 is 2.33 bits per heavy atom. The molecule has 0 aliphatic heterocycles. The average Bonchev–Trinajstić information content (AvgIpc) is 2.52. The number of hydrogen-bond donors (Lipinski definition) is 0. The molecule has 4 nitrogen and oxygen atoms in total. The molecule has 0 spiro atoms. The molecule has 2 aromatic carbocycles. The van der Waals surface area contributed by atoms with Crippen molar-refractivity contribution < 1.29 is 14.3 Å². The summed E-state index contributed by atoms with van der Waals surface area (Å²) in [6.45, 7) is 5.98. The first kappa shape index (κ1) is 16.0. The second-order valence-electron chi connectivity index (χ2n) is 5.91. The fraction of sp³-hybridized carbons (Fsp3) is 0.200. The van der Waals surface area contributed by atoms with Gasteiger partial charge in [-0.25, -0.2) is 4.79 Å². The van der Waals surface area contributed by atoms with Gasteiger partial charge in [-0.15, -0.1) is 0 Å². The molecule has 0 N–H and O–H groups in total. The molecule has 0 fully saturated rings. The van der Waals surface area contributed by atoms with E-state index in [1.165, 1.54) is 7.11 Å². The van der Waals surface area contributed by atoms with Gasteiger partial charge in [0.1, 0.15) is 11.5 Å². The van der Waals surface area contributed by atoms with Crippen LogP contribution in [0, 0.1) is 20.8 Å². The van der Waals surface area contributed by atoms with Gasteiger partial charge >= 0.3 is 5.97 Å². The van der Waals surface area contributed by atoms with Crippen molar-refractivity contribution in [1.82, 2.24) is 4.98 Å². The van der Waals surface area contributed by atoms with Crippen molar-refractivity contribution in [3.63, 3.8) is 0 Å². The number of benzene rings is 2. The van der Waals surface area contributed by atoms with Crippen LogP contribution in [0.5, 0.6) is 11.5 Å². The predicted octanol–water partition coefficient (Wildman–Crippen LogP) is 4.74. The van der Waals surface area contributed by atoms with Crippen molar-refractivity contribution >= 4 is 16.9 Å². The van der Waals surface area contributed by atoms with Gasteiger partial charge in [0, 0.05) is 17.1 Å². The lowest BCUT2D eigenvalue weighted by Crippen LogP contribution is -2.01. The standard InChI is InChI=1S/C20H19NO3/c1-12-7-13(2)9-16(8-12)24-19-10-14(3)21-18-6-5-15(11-17(18)19)20(22)23-4/h5-11H,1-4H3. The van der Waals surface area contributed by atoms with E-state index < -0.39 is 0 Å². The maximum absolute atomic E-state index is 11.8. The van der Waals surface area contributed by atoms with Crippen LogP contribution < -0.4 is 4.74 Å². The minimum atomic E-state index is -0.380. The highest BCUT2D eigenvalue weighted by Gasteiger charge is 2.12. The Hall–Kier alpha value is -2.88. The number of rotatable bonds is 3. The molecule has 0 unspecified atom stereocenters. The van der Waals surface area contributed by atoms with Crippen LogP contribution in [-0.4, -0.2) is 18.1 Å². The fourth-order valence-electron chi connectivity index (χ4n) is 2.77. The zero-order valence-corrected chi connectivity index (χ0v) is 14.2.